The van der Waals surface area contributed by atoms with Crippen LogP contribution < -0.4 is 10.6 Å². The average molecular weight is 398 g/mol. The lowest BCUT2D eigenvalue weighted by atomic mass is 10.1. The van der Waals surface area contributed by atoms with E-state index in [2.05, 4.69) is 15.6 Å². The summed E-state index contributed by atoms with van der Waals surface area (Å²) in [4.78, 5) is 52.7. The molecule has 0 aliphatic heterocycles. The van der Waals surface area contributed by atoms with E-state index in [1.165, 1.54) is 32.2 Å². The molecule has 0 aliphatic rings. The number of rotatable bonds is 8. The summed E-state index contributed by atoms with van der Waals surface area (Å²) in [6.07, 6.45) is 2.97. The third kappa shape index (κ3) is 6.13. The van der Waals surface area contributed by atoms with E-state index in [0.717, 1.165) is 4.90 Å². The van der Waals surface area contributed by atoms with Gasteiger partial charge in [0.15, 0.2) is 0 Å². The number of carbonyl (C=O) groups excluding carboxylic acids is 3. The van der Waals surface area contributed by atoms with Gasteiger partial charge in [0.25, 0.3) is 11.8 Å². The molecule has 0 saturated carbocycles. The van der Waals surface area contributed by atoms with Crippen molar-refractivity contribution in [2.75, 3.05) is 18.4 Å². The molecule has 1 atom stereocenters. The molecule has 2 aromatic rings. The number of carboxylic acids is 1. The topological polar surface area (TPSA) is 129 Å². The Bertz CT molecular complexity index is 901. The first kappa shape index (κ1) is 21.5. The maximum Gasteiger partial charge on any atom is 0.326 e. The first-order chi connectivity index (χ1) is 13.8. The lowest BCUT2D eigenvalue weighted by molar-refractivity contribution is -0.141. The van der Waals surface area contributed by atoms with Gasteiger partial charge in [-0.25, -0.2) is 4.79 Å². The number of carbonyl (C=O) groups is 4. The average Bonchev–Trinajstić information content (AvgIpc) is 2.71. The molecular weight excluding hydrogens is 376 g/mol. The Morgan fingerprint density at radius 3 is 2.48 bits per heavy atom. The smallest absolute Gasteiger partial charge is 0.326 e. The van der Waals surface area contributed by atoms with E-state index in [4.69, 9.17) is 0 Å². The van der Waals surface area contributed by atoms with Gasteiger partial charge in [0.05, 0.1) is 5.56 Å². The number of nitrogens with one attached hydrogen (secondary N) is 2. The van der Waals surface area contributed by atoms with Crippen LogP contribution in [0.3, 0.4) is 0 Å². The van der Waals surface area contributed by atoms with Crippen LogP contribution in [0.4, 0.5) is 5.69 Å². The Hall–Kier alpha value is -3.75. The van der Waals surface area contributed by atoms with Gasteiger partial charge in [0, 0.05) is 43.7 Å². The van der Waals surface area contributed by atoms with E-state index < -0.39 is 17.9 Å². The van der Waals surface area contributed by atoms with Crippen LogP contribution in [-0.2, 0) is 9.59 Å². The lowest BCUT2D eigenvalue weighted by Crippen LogP contribution is -2.46. The van der Waals surface area contributed by atoms with Crippen molar-refractivity contribution in [3.8, 4) is 0 Å². The fourth-order valence-corrected chi connectivity index (χ4v) is 2.55. The molecule has 29 heavy (non-hydrogen) atoms. The highest BCUT2D eigenvalue weighted by atomic mass is 16.4. The molecule has 9 nitrogen and oxygen atoms in total. The number of nitrogens with zero attached hydrogens (tertiary/aromatic N) is 2. The second-order valence-electron chi connectivity index (χ2n) is 6.27. The summed E-state index contributed by atoms with van der Waals surface area (Å²) in [5.41, 5.74) is 0.958. The number of pyridine rings is 1. The molecule has 3 amide bonds. The van der Waals surface area contributed by atoms with Crippen molar-refractivity contribution < 1.29 is 24.3 Å². The highest BCUT2D eigenvalue weighted by Crippen LogP contribution is 2.15. The summed E-state index contributed by atoms with van der Waals surface area (Å²) in [7, 11) is 0. The quantitative estimate of drug-likeness (QED) is 0.616. The minimum Gasteiger partial charge on any atom is -0.480 e. The van der Waals surface area contributed by atoms with Gasteiger partial charge in [-0.05, 0) is 37.3 Å². The van der Waals surface area contributed by atoms with E-state index in [1.807, 2.05) is 0 Å². The van der Waals surface area contributed by atoms with Gasteiger partial charge in [-0.3, -0.25) is 19.4 Å². The third-order valence-corrected chi connectivity index (χ3v) is 4.10. The SMILES string of the molecule is CC(=O)NCCN(C(=O)c1cccc(NC(=O)c2cccnc2)c1)C(C)C(=O)O. The minimum atomic E-state index is -1.16. The number of hydrogen-bond donors (Lipinski definition) is 3. The number of amides is 3. The van der Waals surface area contributed by atoms with E-state index in [-0.39, 0.29) is 30.5 Å². The van der Waals surface area contributed by atoms with Crippen molar-refractivity contribution in [2.45, 2.75) is 19.9 Å². The van der Waals surface area contributed by atoms with Crippen molar-refractivity contribution in [3.05, 3.63) is 59.9 Å². The van der Waals surface area contributed by atoms with Gasteiger partial charge in [-0.15, -0.1) is 0 Å². The highest BCUT2D eigenvalue weighted by molar-refractivity contribution is 6.05. The van der Waals surface area contributed by atoms with Crippen molar-refractivity contribution in [1.82, 2.24) is 15.2 Å². The standard InChI is InChI=1S/C20H22N4O5/c1-13(20(28)29)24(10-9-22-14(2)25)19(27)15-5-3-7-17(11-15)23-18(26)16-6-4-8-21-12-16/h3-8,11-13H,9-10H2,1-2H3,(H,22,25)(H,23,26)(H,28,29). The molecule has 3 N–H and O–H groups in total. The van der Waals surface area contributed by atoms with Gasteiger partial charge in [0.1, 0.15) is 6.04 Å². The summed E-state index contributed by atoms with van der Waals surface area (Å²) in [5.74, 6) is -2.35. The highest BCUT2D eigenvalue weighted by Gasteiger charge is 2.26. The maximum absolute atomic E-state index is 12.9. The Morgan fingerprint density at radius 1 is 1.14 bits per heavy atom. The summed E-state index contributed by atoms with van der Waals surface area (Å²) in [5, 5.41) is 14.5. The maximum atomic E-state index is 12.9. The van der Waals surface area contributed by atoms with Crippen LogP contribution in [0.1, 0.15) is 34.6 Å². The normalized spacial score (nSPS) is 11.2. The van der Waals surface area contributed by atoms with Crippen LogP contribution in [0.15, 0.2) is 48.8 Å². The molecule has 0 fully saturated rings. The number of hydrogen-bond acceptors (Lipinski definition) is 5. The molecule has 1 unspecified atom stereocenters. The third-order valence-electron chi connectivity index (χ3n) is 4.10. The second-order valence-corrected chi connectivity index (χ2v) is 6.27. The van der Waals surface area contributed by atoms with Gasteiger partial charge in [-0.1, -0.05) is 6.07 Å². The lowest BCUT2D eigenvalue weighted by Gasteiger charge is -2.27. The summed E-state index contributed by atoms with van der Waals surface area (Å²) >= 11 is 0. The number of aliphatic carboxylic acids is 1. The molecule has 0 bridgehead atoms. The van der Waals surface area contributed by atoms with Crippen molar-refractivity contribution in [1.29, 1.82) is 0 Å². The Morgan fingerprint density at radius 2 is 1.86 bits per heavy atom. The molecule has 1 heterocycles. The Kier molecular flexibility index (Phi) is 7.41. The first-order valence-corrected chi connectivity index (χ1v) is 8.89. The molecule has 9 heteroatoms. The molecule has 0 saturated heterocycles. The fourth-order valence-electron chi connectivity index (χ4n) is 2.55. The number of anilines is 1. The Labute approximate surface area is 167 Å². The molecule has 0 spiro atoms. The zero-order valence-corrected chi connectivity index (χ0v) is 16.1. The monoisotopic (exact) mass is 398 g/mol. The largest absolute Gasteiger partial charge is 0.480 e. The molecule has 1 aromatic heterocycles. The first-order valence-electron chi connectivity index (χ1n) is 8.89. The molecule has 0 aliphatic carbocycles. The summed E-state index contributed by atoms with van der Waals surface area (Å²) < 4.78 is 0. The number of carboxylic acid groups (broad SMARTS) is 1. The number of aromatic nitrogens is 1. The van der Waals surface area contributed by atoms with Crippen LogP contribution in [0.5, 0.6) is 0 Å². The second kappa shape index (κ2) is 9.98. The van der Waals surface area contributed by atoms with E-state index in [1.54, 1.807) is 30.5 Å². The van der Waals surface area contributed by atoms with Crippen LogP contribution in [0.2, 0.25) is 0 Å². The van der Waals surface area contributed by atoms with E-state index in [0.29, 0.717) is 11.3 Å². The van der Waals surface area contributed by atoms with Crippen LogP contribution in [-0.4, -0.2) is 57.8 Å². The molecular formula is C20H22N4O5. The molecule has 2 rings (SSSR count). The van der Waals surface area contributed by atoms with Crippen molar-refractivity contribution in [2.24, 2.45) is 0 Å². The van der Waals surface area contributed by atoms with Gasteiger partial charge >= 0.3 is 5.97 Å². The zero-order valence-electron chi connectivity index (χ0n) is 16.1. The Balaban J connectivity index is 2.18. The number of benzene rings is 1. The summed E-state index contributed by atoms with van der Waals surface area (Å²) in [6, 6.07) is 8.35. The van der Waals surface area contributed by atoms with E-state index in [9.17, 15) is 24.3 Å². The van der Waals surface area contributed by atoms with Gasteiger partial charge in [-0.2, -0.15) is 0 Å². The predicted molar refractivity (Wildman–Crippen MR) is 105 cm³/mol. The minimum absolute atomic E-state index is 0.0259. The molecule has 1 aromatic carbocycles. The zero-order chi connectivity index (χ0) is 21.4. The van der Waals surface area contributed by atoms with Crippen LogP contribution in [0, 0.1) is 0 Å². The summed E-state index contributed by atoms with van der Waals surface area (Å²) in [6.45, 7) is 2.87. The van der Waals surface area contributed by atoms with E-state index >= 15 is 0 Å². The van der Waals surface area contributed by atoms with Crippen molar-refractivity contribution in [3.63, 3.8) is 0 Å². The van der Waals surface area contributed by atoms with Gasteiger partial charge in [0.2, 0.25) is 5.91 Å². The van der Waals surface area contributed by atoms with Crippen LogP contribution >= 0.6 is 0 Å². The van der Waals surface area contributed by atoms with Crippen LogP contribution in [0.25, 0.3) is 0 Å². The fraction of sp³-hybridized carbons (Fsp3) is 0.250. The molecule has 152 valence electrons. The molecule has 0 radical (unpaired) electrons. The van der Waals surface area contributed by atoms with Crippen molar-refractivity contribution >= 4 is 29.4 Å². The van der Waals surface area contributed by atoms with Gasteiger partial charge < -0.3 is 20.6 Å². The predicted octanol–water partition coefficient (Wildman–Crippen LogP) is 1.39.